The molecular weight excluding hydrogens is 129 g/mol. The minimum atomic E-state index is 0. The van der Waals surface area contributed by atoms with Crippen LogP contribution in [0, 0.1) is 11.3 Å². The molecule has 0 N–H and O–H groups in total. The third kappa shape index (κ3) is 20.4. The van der Waals surface area contributed by atoms with Crippen LogP contribution >= 0.6 is 0 Å². The Morgan fingerprint density at radius 2 is 2.00 bits per heavy atom. The van der Waals surface area contributed by atoms with E-state index in [2.05, 4.69) is 6.58 Å². The molecule has 5 heavy (non-hydrogen) atoms. The van der Waals surface area contributed by atoms with E-state index in [0.717, 1.165) is 0 Å². The molecular formula is C3H5NSe. The van der Waals surface area contributed by atoms with Gasteiger partial charge in [-0.05, 0) is 0 Å². The van der Waals surface area contributed by atoms with Crippen LogP contribution in [0.4, 0.5) is 0 Å². The van der Waals surface area contributed by atoms with Crippen molar-refractivity contribution in [2.45, 2.75) is 0 Å². The Hall–Kier alpha value is -0.251. The Bertz CT molecular complexity index is 52.4. The van der Waals surface area contributed by atoms with Crippen LogP contribution in [0.25, 0.3) is 0 Å². The molecule has 0 amide bonds. The van der Waals surface area contributed by atoms with Crippen LogP contribution in [0.15, 0.2) is 12.7 Å². The van der Waals surface area contributed by atoms with E-state index in [0.29, 0.717) is 0 Å². The van der Waals surface area contributed by atoms with Gasteiger partial charge < -0.3 is 0 Å². The SMILES string of the molecule is C=CC#N.[SeH2]. The summed E-state index contributed by atoms with van der Waals surface area (Å²) in [5.74, 6) is 0. The molecule has 0 aromatic carbocycles. The molecule has 0 rings (SSSR count). The van der Waals surface area contributed by atoms with E-state index >= 15 is 0 Å². The topological polar surface area (TPSA) is 23.8 Å². The van der Waals surface area contributed by atoms with Crippen LogP contribution in [0.3, 0.4) is 0 Å². The monoisotopic (exact) mass is 135 g/mol. The second kappa shape index (κ2) is 9.26. The molecule has 0 aromatic heterocycles. The molecule has 0 atom stereocenters. The maximum absolute atomic E-state index is 7.51. The van der Waals surface area contributed by atoms with Crippen LogP contribution in [0.1, 0.15) is 0 Å². The van der Waals surface area contributed by atoms with Crippen molar-refractivity contribution >= 4 is 17.1 Å². The molecule has 0 saturated heterocycles. The van der Waals surface area contributed by atoms with Gasteiger partial charge in [-0.3, -0.25) is 0 Å². The summed E-state index contributed by atoms with van der Waals surface area (Å²) in [5, 5.41) is 7.51. The maximum atomic E-state index is 7.51. The van der Waals surface area contributed by atoms with Crippen molar-refractivity contribution in [2.75, 3.05) is 0 Å². The summed E-state index contributed by atoms with van der Waals surface area (Å²) in [4.78, 5) is 0. The molecule has 0 heterocycles. The molecule has 0 aliphatic rings. The fraction of sp³-hybridized carbons (Fsp3) is 0. The summed E-state index contributed by atoms with van der Waals surface area (Å²) in [6.45, 7) is 3.12. The second-order valence-electron chi connectivity index (χ2n) is 0.333. The van der Waals surface area contributed by atoms with E-state index in [1.54, 1.807) is 6.07 Å². The van der Waals surface area contributed by atoms with Crippen molar-refractivity contribution in [1.82, 2.24) is 0 Å². The molecule has 0 aliphatic carbocycles. The summed E-state index contributed by atoms with van der Waals surface area (Å²) in [6, 6.07) is 1.69. The number of allylic oxidation sites excluding steroid dienone is 1. The quantitative estimate of drug-likeness (QED) is 0.332. The third-order valence-corrected chi connectivity index (χ3v) is 0.0913. The molecule has 2 heteroatoms. The number of rotatable bonds is 0. The van der Waals surface area contributed by atoms with Crippen LogP contribution in [-0.2, 0) is 0 Å². The molecule has 0 unspecified atom stereocenters. The van der Waals surface area contributed by atoms with Gasteiger partial charge in [0.25, 0.3) is 0 Å². The predicted octanol–water partition coefficient (Wildman–Crippen LogP) is -0.220. The Morgan fingerprint density at radius 3 is 2.00 bits per heavy atom. The van der Waals surface area contributed by atoms with Crippen molar-refractivity contribution in [3.8, 4) is 6.07 Å². The fourth-order valence-electron chi connectivity index (χ4n) is 0. The van der Waals surface area contributed by atoms with Gasteiger partial charge in [-0.15, -0.1) is 0 Å². The van der Waals surface area contributed by atoms with Gasteiger partial charge in [0.05, 0.1) is 6.07 Å². The third-order valence-electron chi connectivity index (χ3n) is 0.0913. The number of nitrogens with zero attached hydrogens (tertiary/aromatic N) is 1. The first-order valence-electron chi connectivity index (χ1n) is 0.921. The molecule has 0 bridgehead atoms. The van der Waals surface area contributed by atoms with Gasteiger partial charge in [-0.25, -0.2) is 0 Å². The molecule has 0 radical (unpaired) electrons. The number of hydrogen-bond acceptors (Lipinski definition) is 1. The molecule has 0 fully saturated rings. The number of nitriles is 1. The Balaban J connectivity index is 0. The van der Waals surface area contributed by atoms with Crippen molar-refractivity contribution in [2.24, 2.45) is 0 Å². The van der Waals surface area contributed by atoms with Gasteiger partial charge >= 0.3 is 17.1 Å². The predicted molar refractivity (Wildman–Crippen MR) is 24.4 cm³/mol. The minimum absolute atomic E-state index is 0. The first-order chi connectivity index (χ1) is 1.91. The summed E-state index contributed by atoms with van der Waals surface area (Å²) in [5.41, 5.74) is 0. The summed E-state index contributed by atoms with van der Waals surface area (Å²) < 4.78 is 0. The average Bonchev–Trinajstić information content (AvgIpc) is 1.37. The molecule has 0 aromatic rings. The molecule has 0 aliphatic heterocycles. The van der Waals surface area contributed by atoms with Crippen molar-refractivity contribution in [3.63, 3.8) is 0 Å². The normalized spacial score (nSPS) is 3.00. The Labute approximate surface area is 41.8 Å². The van der Waals surface area contributed by atoms with E-state index < -0.39 is 0 Å². The van der Waals surface area contributed by atoms with Crippen LogP contribution in [-0.4, -0.2) is 17.1 Å². The van der Waals surface area contributed by atoms with E-state index in [4.69, 9.17) is 5.26 Å². The van der Waals surface area contributed by atoms with E-state index in [1.165, 1.54) is 6.08 Å². The summed E-state index contributed by atoms with van der Waals surface area (Å²) in [6.07, 6.45) is 1.18. The zero-order valence-corrected chi connectivity index (χ0v) is 4.83. The summed E-state index contributed by atoms with van der Waals surface area (Å²) >= 11 is 0. The molecule has 1 nitrogen and oxygen atoms in total. The fourth-order valence-corrected chi connectivity index (χ4v) is 0. The van der Waals surface area contributed by atoms with Gasteiger partial charge in [-0.2, -0.15) is 5.26 Å². The van der Waals surface area contributed by atoms with E-state index in [-0.39, 0.29) is 17.1 Å². The van der Waals surface area contributed by atoms with E-state index in [9.17, 15) is 0 Å². The van der Waals surface area contributed by atoms with Gasteiger partial charge in [0.15, 0.2) is 0 Å². The first-order valence-corrected chi connectivity index (χ1v) is 0.921. The molecule has 0 spiro atoms. The van der Waals surface area contributed by atoms with Crippen LogP contribution in [0.2, 0.25) is 0 Å². The van der Waals surface area contributed by atoms with Gasteiger partial charge in [0.2, 0.25) is 0 Å². The van der Waals surface area contributed by atoms with Crippen LogP contribution in [0.5, 0.6) is 0 Å². The Kier molecular flexibility index (Phi) is 16.4. The van der Waals surface area contributed by atoms with Gasteiger partial charge in [0.1, 0.15) is 0 Å². The zero-order valence-electron chi connectivity index (χ0n) is 2.73. The summed E-state index contributed by atoms with van der Waals surface area (Å²) in [7, 11) is 0. The molecule has 0 saturated carbocycles. The van der Waals surface area contributed by atoms with Gasteiger partial charge in [0, 0.05) is 6.08 Å². The molecule has 28 valence electrons. The Morgan fingerprint density at radius 1 is 1.80 bits per heavy atom. The average molecular weight is 134 g/mol. The van der Waals surface area contributed by atoms with Crippen molar-refractivity contribution in [3.05, 3.63) is 12.7 Å². The van der Waals surface area contributed by atoms with Crippen molar-refractivity contribution < 1.29 is 0 Å². The standard InChI is InChI=1S/C3H3N.H2Se/c1-2-3-4;/h2H,1H2;1H2. The zero-order chi connectivity index (χ0) is 3.41. The van der Waals surface area contributed by atoms with E-state index in [1.807, 2.05) is 0 Å². The first kappa shape index (κ1) is 8.83. The van der Waals surface area contributed by atoms with Crippen LogP contribution < -0.4 is 0 Å². The number of hydrogen-bond donors (Lipinski definition) is 0. The second-order valence-corrected chi connectivity index (χ2v) is 0.333. The van der Waals surface area contributed by atoms with Gasteiger partial charge in [-0.1, -0.05) is 6.58 Å². The van der Waals surface area contributed by atoms with Crippen molar-refractivity contribution in [1.29, 1.82) is 5.26 Å².